The van der Waals surface area contributed by atoms with Crippen molar-refractivity contribution in [3.63, 3.8) is 0 Å². The van der Waals surface area contributed by atoms with Crippen molar-refractivity contribution in [3.8, 4) is 0 Å². The van der Waals surface area contributed by atoms with Gasteiger partial charge < -0.3 is 10.0 Å². The molecule has 0 spiro atoms. The number of benzene rings is 1. The lowest BCUT2D eigenvalue weighted by atomic mass is 9.86. The summed E-state index contributed by atoms with van der Waals surface area (Å²) in [5, 5.41) is 8.69. The molecule has 1 aliphatic carbocycles. The van der Waals surface area contributed by atoms with Crippen LogP contribution in [0.15, 0.2) is 28.7 Å². The highest BCUT2D eigenvalue weighted by atomic mass is 79.9. The van der Waals surface area contributed by atoms with Gasteiger partial charge in [-0.1, -0.05) is 28.9 Å². The number of rotatable bonds is 4. The molecule has 1 aromatic carbocycles. The van der Waals surface area contributed by atoms with Crippen molar-refractivity contribution < 1.29 is 9.90 Å². The topological polar surface area (TPSA) is 40.5 Å². The fourth-order valence-corrected chi connectivity index (χ4v) is 3.37. The molecule has 0 unspecified atom stereocenters. The molecule has 0 atom stereocenters. The number of aliphatic carboxylic acids is 1. The predicted molar refractivity (Wildman–Crippen MR) is 90.6 cm³/mol. The van der Waals surface area contributed by atoms with Gasteiger partial charge in [-0.25, -0.2) is 4.79 Å². The molecule has 0 aromatic heterocycles. The minimum Gasteiger partial charge on any atom is -0.478 e. The van der Waals surface area contributed by atoms with E-state index in [1.807, 2.05) is 6.07 Å². The Morgan fingerprint density at radius 3 is 2.57 bits per heavy atom. The molecule has 2 rings (SSSR count). The van der Waals surface area contributed by atoms with Gasteiger partial charge >= 0.3 is 5.97 Å². The summed E-state index contributed by atoms with van der Waals surface area (Å²) in [6, 6.07) is 6.69. The molecule has 21 heavy (non-hydrogen) atoms. The van der Waals surface area contributed by atoms with Crippen molar-refractivity contribution in [2.24, 2.45) is 5.92 Å². The summed E-state index contributed by atoms with van der Waals surface area (Å²) in [6.45, 7) is 2.33. The molecule has 1 fully saturated rings. The molecule has 0 radical (unpaired) electrons. The second-order valence-corrected chi connectivity index (χ2v) is 6.76. The maximum Gasteiger partial charge on any atom is 0.328 e. The van der Waals surface area contributed by atoms with E-state index >= 15 is 0 Å². The van der Waals surface area contributed by atoms with Crippen molar-refractivity contribution in [2.75, 3.05) is 11.9 Å². The normalized spacial score (nSPS) is 22.4. The Morgan fingerprint density at radius 2 is 2.00 bits per heavy atom. The molecule has 1 aliphatic rings. The van der Waals surface area contributed by atoms with Crippen LogP contribution in [0, 0.1) is 5.92 Å². The Kier molecular flexibility index (Phi) is 5.45. The molecule has 1 N–H and O–H groups in total. The van der Waals surface area contributed by atoms with Crippen molar-refractivity contribution in [3.05, 3.63) is 34.3 Å². The minimum atomic E-state index is -0.931. The van der Waals surface area contributed by atoms with Gasteiger partial charge in [-0.05, 0) is 55.4 Å². The Balaban J connectivity index is 2.10. The zero-order chi connectivity index (χ0) is 15.4. The van der Waals surface area contributed by atoms with Gasteiger partial charge in [0.15, 0.2) is 0 Å². The molecule has 0 heterocycles. The lowest BCUT2D eigenvalue weighted by Crippen LogP contribution is -2.34. The molecular weight excluding hydrogens is 330 g/mol. The third-order valence-corrected chi connectivity index (χ3v) is 5.02. The van der Waals surface area contributed by atoms with E-state index in [1.54, 1.807) is 6.08 Å². The number of carbonyl (C=O) groups is 1. The van der Waals surface area contributed by atoms with Gasteiger partial charge in [-0.2, -0.15) is 0 Å². The van der Waals surface area contributed by atoms with Crippen molar-refractivity contribution in [1.82, 2.24) is 0 Å². The number of hydrogen-bond acceptors (Lipinski definition) is 2. The number of halogens is 1. The van der Waals surface area contributed by atoms with E-state index < -0.39 is 5.97 Å². The lowest BCUT2D eigenvalue weighted by Gasteiger charge is -2.35. The maximum atomic E-state index is 10.6. The average molecular weight is 352 g/mol. The molecule has 0 bridgehead atoms. The summed E-state index contributed by atoms with van der Waals surface area (Å²) in [5.41, 5.74) is 2.06. The fourth-order valence-electron chi connectivity index (χ4n) is 2.87. The number of anilines is 1. The molecule has 0 aliphatic heterocycles. The molecule has 1 saturated carbocycles. The van der Waals surface area contributed by atoms with Crippen LogP contribution in [0.2, 0.25) is 0 Å². The first-order valence-electron chi connectivity index (χ1n) is 7.40. The first kappa shape index (κ1) is 16.1. The molecule has 114 valence electrons. The van der Waals surface area contributed by atoms with Crippen LogP contribution in [0.4, 0.5) is 5.69 Å². The number of hydrogen-bond donors (Lipinski definition) is 1. The highest BCUT2D eigenvalue weighted by molar-refractivity contribution is 9.10. The Bertz CT molecular complexity index is 534. The number of carboxylic acids is 1. The van der Waals surface area contributed by atoms with Crippen molar-refractivity contribution in [1.29, 1.82) is 0 Å². The molecular formula is C17H22BrNO2. The van der Waals surface area contributed by atoms with E-state index in [9.17, 15) is 4.79 Å². The van der Waals surface area contributed by atoms with Gasteiger partial charge in [-0.15, -0.1) is 0 Å². The van der Waals surface area contributed by atoms with Crippen LogP contribution in [0.5, 0.6) is 0 Å². The Labute approximate surface area is 134 Å². The lowest BCUT2D eigenvalue weighted by molar-refractivity contribution is -0.131. The van der Waals surface area contributed by atoms with Crippen LogP contribution in [0.25, 0.3) is 6.08 Å². The van der Waals surface area contributed by atoms with E-state index in [2.05, 4.69) is 46.9 Å². The summed E-state index contributed by atoms with van der Waals surface area (Å²) < 4.78 is 0.925. The largest absolute Gasteiger partial charge is 0.478 e. The third-order valence-electron chi connectivity index (χ3n) is 4.33. The smallest absolute Gasteiger partial charge is 0.328 e. The van der Waals surface area contributed by atoms with Gasteiger partial charge in [0.1, 0.15) is 0 Å². The highest BCUT2D eigenvalue weighted by Crippen LogP contribution is 2.31. The number of nitrogens with zero attached hydrogens (tertiary/aromatic N) is 1. The van der Waals surface area contributed by atoms with Crippen LogP contribution in [-0.2, 0) is 4.79 Å². The monoisotopic (exact) mass is 351 g/mol. The number of carboxylic acid groups (broad SMARTS) is 1. The van der Waals surface area contributed by atoms with E-state index in [0.717, 1.165) is 22.0 Å². The molecule has 4 heteroatoms. The molecule has 0 saturated heterocycles. The van der Waals surface area contributed by atoms with Gasteiger partial charge in [0.05, 0.1) is 0 Å². The fraction of sp³-hybridized carbons (Fsp3) is 0.471. The van der Waals surface area contributed by atoms with E-state index in [0.29, 0.717) is 6.04 Å². The van der Waals surface area contributed by atoms with Gasteiger partial charge in [0.2, 0.25) is 0 Å². The predicted octanol–water partition coefficient (Wildman–Crippen LogP) is 4.56. The van der Waals surface area contributed by atoms with Crippen LogP contribution >= 0.6 is 15.9 Å². The quantitative estimate of drug-likeness (QED) is 0.808. The molecule has 3 nitrogen and oxygen atoms in total. The minimum absolute atomic E-state index is 0.605. The summed E-state index contributed by atoms with van der Waals surface area (Å²) in [7, 11) is 2.15. The van der Waals surface area contributed by atoms with Crippen LogP contribution < -0.4 is 4.90 Å². The van der Waals surface area contributed by atoms with Gasteiger partial charge in [0.25, 0.3) is 0 Å². The third kappa shape index (κ3) is 4.34. The highest BCUT2D eigenvalue weighted by Gasteiger charge is 2.22. The van der Waals surface area contributed by atoms with Gasteiger partial charge in [0, 0.05) is 29.3 Å². The average Bonchev–Trinajstić information content (AvgIpc) is 2.46. The van der Waals surface area contributed by atoms with Crippen molar-refractivity contribution >= 4 is 33.7 Å². The first-order valence-corrected chi connectivity index (χ1v) is 8.20. The molecule has 0 amide bonds. The second-order valence-electron chi connectivity index (χ2n) is 5.90. The van der Waals surface area contributed by atoms with E-state index in [4.69, 9.17) is 5.11 Å². The Hall–Kier alpha value is -1.29. The SMILES string of the molecule is CC1CCC(N(C)c2ccc(/C=C/C(=O)O)c(Br)c2)CC1. The summed E-state index contributed by atoms with van der Waals surface area (Å²) >= 11 is 3.53. The van der Waals surface area contributed by atoms with Crippen LogP contribution in [0.1, 0.15) is 38.2 Å². The van der Waals surface area contributed by atoms with E-state index in [-0.39, 0.29) is 0 Å². The summed E-state index contributed by atoms with van der Waals surface area (Å²) in [4.78, 5) is 12.9. The van der Waals surface area contributed by atoms with Crippen LogP contribution in [-0.4, -0.2) is 24.2 Å². The standard InChI is InChI=1S/C17H22BrNO2/c1-12-3-7-14(8-4-12)19(2)15-9-5-13(16(18)11-15)6-10-17(20)21/h5-6,9-12,14H,3-4,7-8H2,1-2H3,(H,20,21)/b10-6+. The van der Waals surface area contributed by atoms with Crippen molar-refractivity contribution in [2.45, 2.75) is 38.6 Å². The maximum absolute atomic E-state index is 10.6. The molecule has 1 aromatic rings. The van der Waals surface area contributed by atoms with Gasteiger partial charge in [-0.3, -0.25) is 0 Å². The zero-order valence-electron chi connectivity index (χ0n) is 12.6. The first-order chi connectivity index (χ1) is 9.97. The van der Waals surface area contributed by atoms with E-state index in [1.165, 1.54) is 31.4 Å². The summed E-state index contributed by atoms with van der Waals surface area (Å²) in [5.74, 6) is -0.0793. The zero-order valence-corrected chi connectivity index (χ0v) is 14.1. The summed E-state index contributed by atoms with van der Waals surface area (Å²) in [6.07, 6.45) is 7.86. The Morgan fingerprint density at radius 1 is 1.33 bits per heavy atom. The second kappa shape index (κ2) is 7.12. The van der Waals surface area contributed by atoms with Crippen LogP contribution in [0.3, 0.4) is 0 Å².